The summed E-state index contributed by atoms with van der Waals surface area (Å²) in [5.41, 5.74) is 3.12. The molecule has 3 rings (SSSR count). The summed E-state index contributed by atoms with van der Waals surface area (Å²) in [6.45, 7) is 11.4. The van der Waals surface area contributed by atoms with Gasteiger partial charge < -0.3 is 10.2 Å². The number of pyridine rings is 1. The van der Waals surface area contributed by atoms with Gasteiger partial charge in [-0.15, -0.1) is 0 Å². The van der Waals surface area contributed by atoms with Gasteiger partial charge in [0.05, 0.1) is 0 Å². The number of hydrogen-bond acceptors (Lipinski definition) is 4. The Labute approximate surface area is 175 Å². The smallest absolute Gasteiger partial charge is 0.254 e. The van der Waals surface area contributed by atoms with Gasteiger partial charge >= 0.3 is 0 Å². The van der Waals surface area contributed by atoms with Crippen LogP contribution >= 0.6 is 0 Å². The summed E-state index contributed by atoms with van der Waals surface area (Å²) >= 11 is 0. The zero-order valence-corrected chi connectivity index (χ0v) is 18.1. The Morgan fingerprint density at radius 2 is 1.76 bits per heavy atom. The molecule has 0 unspecified atom stereocenters. The van der Waals surface area contributed by atoms with E-state index in [9.17, 15) is 4.79 Å². The van der Waals surface area contributed by atoms with Crippen LogP contribution in [0.4, 0.5) is 5.69 Å². The number of nitrogens with one attached hydrogen (secondary N) is 1. The highest BCUT2D eigenvalue weighted by molar-refractivity contribution is 5.95. The second-order valence-electron chi connectivity index (χ2n) is 8.53. The van der Waals surface area contributed by atoms with Crippen molar-refractivity contribution in [1.29, 1.82) is 0 Å². The lowest BCUT2D eigenvalue weighted by atomic mass is 10.0. The Bertz CT molecular complexity index is 757. The summed E-state index contributed by atoms with van der Waals surface area (Å²) in [6, 6.07) is 13.0. The number of benzene rings is 1. The number of rotatable bonds is 7. The van der Waals surface area contributed by atoms with Crippen molar-refractivity contribution in [2.45, 2.75) is 65.2 Å². The van der Waals surface area contributed by atoms with E-state index in [2.05, 4.69) is 49.0 Å². The van der Waals surface area contributed by atoms with E-state index in [0.717, 1.165) is 43.7 Å². The first-order valence-corrected chi connectivity index (χ1v) is 10.7. The number of likely N-dealkylation sites (tertiary alicyclic amines) is 1. The molecule has 0 bridgehead atoms. The lowest BCUT2D eigenvalue weighted by molar-refractivity contribution is 0.0644. The fourth-order valence-electron chi connectivity index (χ4n) is 4.14. The Balaban J connectivity index is 1.51. The molecule has 0 atom stereocenters. The summed E-state index contributed by atoms with van der Waals surface area (Å²) in [5, 5.41) is 3.64. The molecule has 29 heavy (non-hydrogen) atoms. The molecule has 5 nitrogen and oxygen atoms in total. The molecule has 2 heterocycles. The number of amides is 1. The van der Waals surface area contributed by atoms with Gasteiger partial charge in [0.1, 0.15) is 0 Å². The molecule has 156 valence electrons. The van der Waals surface area contributed by atoms with Gasteiger partial charge in [0.2, 0.25) is 0 Å². The zero-order chi connectivity index (χ0) is 20.8. The fraction of sp³-hybridized carbons (Fsp3) is 0.500. The standard InChI is InChI=1S/C24H34N4O/c1-18(2)28(19(3)4)24(29)21-7-9-22(10-8-21)26-23-11-14-27(15-12-23)17-20-6-5-13-25-16-20/h5-10,13,16,18-19,23,26H,11-12,14-15,17H2,1-4H3. The molecular formula is C24H34N4O. The monoisotopic (exact) mass is 394 g/mol. The van der Waals surface area contributed by atoms with Crippen LogP contribution in [0.25, 0.3) is 0 Å². The fourth-order valence-corrected chi connectivity index (χ4v) is 4.14. The molecule has 1 aliphatic rings. The topological polar surface area (TPSA) is 48.5 Å². The minimum atomic E-state index is 0.102. The van der Waals surface area contributed by atoms with Gasteiger partial charge in [-0.2, -0.15) is 0 Å². The van der Waals surface area contributed by atoms with Gasteiger partial charge in [-0.25, -0.2) is 0 Å². The third-order valence-corrected chi connectivity index (χ3v) is 5.57. The highest BCUT2D eigenvalue weighted by Crippen LogP contribution is 2.20. The highest BCUT2D eigenvalue weighted by atomic mass is 16.2. The van der Waals surface area contributed by atoms with Crippen molar-refractivity contribution in [1.82, 2.24) is 14.8 Å². The number of carbonyl (C=O) groups is 1. The molecule has 0 saturated carbocycles. The summed E-state index contributed by atoms with van der Waals surface area (Å²) in [4.78, 5) is 21.4. The quantitative estimate of drug-likeness (QED) is 0.755. The van der Waals surface area contributed by atoms with Crippen LogP contribution in [0.1, 0.15) is 56.5 Å². The summed E-state index contributed by atoms with van der Waals surface area (Å²) in [6.07, 6.45) is 6.01. The molecule has 1 aromatic carbocycles. The van der Waals surface area contributed by atoms with Crippen molar-refractivity contribution in [2.24, 2.45) is 0 Å². The van der Waals surface area contributed by atoms with E-state index in [0.29, 0.717) is 6.04 Å². The van der Waals surface area contributed by atoms with Crippen LogP contribution in [0.3, 0.4) is 0 Å². The van der Waals surface area contributed by atoms with E-state index in [-0.39, 0.29) is 18.0 Å². The number of aromatic nitrogens is 1. The first kappa shape index (κ1) is 21.3. The molecule has 2 aromatic rings. The molecule has 1 fully saturated rings. The molecular weight excluding hydrogens is 360 g/mol. The predicted molar refractivity (Wildman–Crippen MR) is 119 cm³/mol. The van der Waals surface area contributed by atoms with Gasteiger partial charge in [0, 0.05) is 61.4 Å². The van der Waals surface area contributed by atoms with Crippen LogP contribution in [0, 0.1) is 0 Å². The van der Waals surface area contributed by atoms with E-state index in [4.69, 9.17) is 0 Å². The maximum atomic E-state index is 12.8. The molecule has 1 saturated heterocycles. The van der Waals surface area contributed by atoms with Crippen molar-refractivity contribution in [3.8, 4) is 0 Å². The lowest BCUT2D eigenvalue weighted by Crippen LogP contribution is -2.42. The van der Waals surface area contributed by atoms with Crippen molar-refractivity contribution in [3.63, 3.8) is 0 Å². The summed E-state index contributed by atoms with van der Waals surface area (Å²) in [7, 11) is 0. The maximum Gasteiger partial charge on any atom is 0.254 e. The Morgan fingerprint density at radius 3 is 2.31 bits per heavy atom. The predicted octanol–water partition coefficient (Wildman–Crippen LogP) is 4.42. The molecule has 1 aliphatic heterocycles. The Kier molecular flexibility index (Phi) is 7.26. The van der Waals surface area contributed by atoms with Crippen LogP contribution in [0.15, 0.2) is 48.8 Å². The van der Waals surface area contributed by atoms with Crippen LogP contribution in [0.2, 0.25) is 0 Å². The van der Waals surface area contributed by atoms with Crippen LogP contribution < -0.4 is 5.32 Å². The molecule has 0 aliphatic carbocycles. The molecule has 0 radical (unpaired) electrons. The molecule has 1 amide bonds. The second kappa shape index (κ2) is 9.88. The van der Waals surface area contributed by atoms with Gasteiger partial charge in [-0.3, -0.25) is 14.7 Å². The minimum absolute atomic E-state index is 0.102. The highest BCUT2D eigenvalue weighted by Gasteiger charge is 2.22. The number of carbonyl (C=O) groups excluding carboxylic acids is 1. The largest absolute Gasteiger partial charge is 0.382 e. The molecule has 1 aromatic heterocycles. The van der Waals surface area contributed by atoms with Crippen molar-refractivity contribution < 1.29 is 4.79 Å². The summed E-state index contributed by atoms with van der Waals surface area (Å²) < 4.78 is 0. The number of anilines is 1. The van der Waals surface area contributed by atoms with Crippen molar-refractivity contribution in [3.05, 3.63) is 59.9 Å². The number of nitrogens with zero attached hydrogens (tertiary/aromatic N) is 3. The number of hydrogen-bond donors (Lipinski definition) is 1. The van der Waals surface area contributed by atoms with Gasteiger partial charge in [0.15, 0.2) is 0 Å². The van der Waals surface area contributed by atoms with E-state index < -0.39 is 0 Å². The van der Waals surface area contributed by atoms with Gasteiger partial charge in [-0.1, -0.05) is 6.07 Å². The van der Waals surface area contributed by atoms with Crippen LogP contribution in [-0.2, 0) is 6.54 Å². The third kappa shape index (κ3) is 5.80. The van der Waals surface area contributed by atoms with Crippen molar-refractivity contribution >= 4 is 11.6 Å². The molecule has 1 N–H and O–H groups in total. The van der Waals surface area contributed by atoms with E-state index >= 15 is 0 Å². The Hall–Kier alpha value is -2.40. The zero-order valence-electron chi connectivity index (χ0n) is 18.1. The van der Waals surface area contributed by atoms with Crippen LogP contribution in [0.5, 0.6) is 0 Å². The molecule has 0 spiro atoms. The minimum Gasteiger partial charge on any atom is -0.382 e. The van der Waals surface area contributed by atoms with Crippen LogP contribution in [-0.4, -0.2) is 51.9 Å². The van der Waals surface area contributed by atoms with E-state index in [1.807, 2.05) is 47.6 Å². The van der Waals surface area contributed by atoms with Crippen molar-refractivity contribution in [2.75, 3.05) is 18.4 Å². The van der Waals surface area contributed by atoms with E-state index in [1.54, 1.807) is 0 Å². The Morgan fingerprint density at radius 1 is 1.10 bits per heavy atom. The first-order valence-electron chi connectivity index (χ1n) is 10.7. The third-order valence-electron chi connectivity index (χ3n) is 5.57. The van der Waals surface area contributed by atoms with Gasteiger partial charge in [-0.05, 0) is 76.4 Å². The lowest BCUT2D eigenvalue weighted by Gasteiger charge is -2.33. The second-order valence-corrected chi connectivity index (χ2v) is 8.53. The van der Waals surface area contributed by atoms with Gasteiger partial charge in [0.25, 0.3) is 5.91 Å². The normalized spacial score (nSPS) is 15.7. The average Bonchev–Trinajstić information content (AvgIpc) is 2.70. The maximum absolute atomic E-state index is 12.8. The average molecular weight is 395 g/mol. The molecule has 5 heteroatoms. The first-order chi connectivity index (χ1) is 13.9. The number of piperidine rings is 1. The van der Waals surface area contributed by atoms with E-state index in [1.165, 1.54) is 5.56 Å². The summed E-state index contributed by atoms with van der Waals surface area (Å²) in [5.74, 6) is 0.102. The SMILES string of the molecule is CC(C)N(C(=O)c1ccc(NC2CCN(Cc3cccnc3)CC2)cc1)C(C)C.